The normalized spacial score (nSPS) is 11.3. The molecule has 3 aromatic carbocycles. The highest BCUT2D eigenvalue weighted by atomic mass is 16.5. The van der Waals surface area contributed by atoms with E-state index in [9.17, 15) is 9.59 Å². The van der Waals surface area contributed by atoms with Crippen LogP contribution in [0.4, 0.5) is 17.3 Å². The van der Waals surface area contributed by atoms with Crippen molar-refractivity contribution in [1.29, 1.82) is 0 Å². The average molecular weight is 580 g/mol. The number of hydrogen-bond acceptors (Lipinski definition) is 6. The van der Waals surface area contributed by atoms with E-state index in [2.05, 4.69) is 41.7 Å². The third kappa shape index (κ3) is 8.72. The number of carbonyl (C=O) groups excluding carboxylic acids is 2. The summed E-state index contributed by atoms with van der Waals surface area (Å²) < 4.78 is 5.51. The monoisotopic (exact) mass is 579 g/mol. The highest BCUT2D eigenvalue weighted by molar-refractivity contribution is 6.05. The smallest absolute Gasteiger partial charge is 0.255 e. The average Bonchev–Trinajstić information content (AvgIpc) is 2.98. The lowest BCUT2D eigenvalue weighted by atomic mass is 9.86. The Labute approximate surface area is 254 Å². The van der Waals surface area contributed by atoms with Crippen LogP contribution in [0.5, 0.6) is 0 Å². The van der Waals surface area contributed by atoms with E-state index < -0.39 is 0 Å². The van der Waals surface area contributed by atoms with Crippen molar-refractivity contribution < 1.29 is 14.3 Å². The summed E-state index contributed by atoms with van der Waals surface area (Å²) in [6.45, 7) is 13.6. The van der Waals surface area contributed by atoms with Crippen LogP contribution in [0.3, 0.4) is 0 Å². The number of aromatic nitrogens is 2. The van der Waals surface area contributed by atoms with Gasteiger partial charge in [-0.3, -0.25) is 9.59 Å². The van der Waals surface area contributed by atoms with Gasteiger partial charge >= 0.3 is 0 Å². The Hall–Kier alpha value is -4.56. The summed E-state index contributed by atoms with van der Waals surface area (Å²) in [5.74, 6) is 0.134. The van der Waals surface area contributed by atoms with Gasteiger partial charge in [-0.25, -0.2) is 9.97 Å². The fourth-order valence-electron chi connectivity index (χ4n) is 4.46. The number of anilines is 3. The number of ether oxygens (including phenoxy) is 1. The Morgan fingerprint density at radius 3 is 2.23 bits per heavy atom. The van der Waals surface area contributed by atoms with Crippen LogP contribution in [0.15, 0.2) is 79.0 Å². The van der Waals surface area contributed by atoms with Crippen LogP contribution in [0.25, 0.3) is 11.3 Å². The van der Waals surface area contributed by atoms with Gasteiger partial charge in [0.1, 0.15) is 0 Å². The molecule has 3 N–H and O–H groups in total. The minimum absolute atomic E-state index is 0.0219. The van der Waals surface area contributed by atoms with Gasteiger partial charge < -0.3 is 20.7 Å². The first kappa shape index (κ1) is 31.4. The van der Waals surface area contributed by atoms with E-state index in [4.69, 9.17) is 9.72 Å². The number of nitrogens with one attached hydrogen (secondary N) is 3. The fourth-order valence-corrected chi connectivity index (χ4v) is 4.46. The molecule has 4 rings (SSSR count). The zero-order chi connectivity index (χ0) is 31.0. The SMILES string of the molecule is Cc1c(NC(=O)c2ccc(C(C)(C)C)cc2)cccc1-c1ccnc(Nc2ccc(C(=O)NCCCOC(C)C)cc2)n1. The molecule has 4 aromatic rings. The Bertz CT molecular complexity index is 1540. The third-order valence-electron chi connectivity index (χ3n) is 6.99. The standard InChI is InChI=1S/C35H41N5O3/c1-23(2)43-22-8-20-36-32(41)25-13-17-28(18-14-25)38-34-37-21-19-31(40-34)29-9-7-10-30(24(29)3)39-33(42)26-11-15-27(16-12-26)35(4,5)6/h7,9-19,21,23H,8,20,22H2,1-6H3,(H,36,41)(H,39,42)(H,37,38,40). The van der Waals surface area contributed by atoms with Gasteiger partial charge in [-0.05, 0) is 92.3 Å². The second-order valence-corrected chi connectivity index (χ2v) is 11.8. The van der Waals surface area contributed by atoms with Gasteiger partial charge in [0.25, 0.3) is 11.8 Å². The molecule has 0 radical (unpaired) electrons. The van der Waals surface area contributed by atoms with E-state index in [0.717, 1.165) is 34.6 Å². The van der Waals surface area contributed by atoms with E-state index in [-0.39, 0.29) is 23.3 Å². The lowest BCUT2D eigenvalue weighted by Gasteiger charge is -2.19. The van der Waals surface area contributed by atoms with Crippen molar-refractivity contribution in [2.75, 3.05) is 23.8 Å². The van der Waals surface area contributed by atoms with Gasteiger partial charge in [0.15, 0.2) is 0 Å². The molecule has 43 heavy (non-hydrogen) atoms. The molecule has 0 saturated carbocycles. The van der Waals surface area contributed by atoms with E-state index >= 15 is 0 Å². The van der Waals surface area contributed by atoms with Crippen molar-refractivity contribution >= 4 is 29.1 Å². The molecule has 1 aromatic heterocycles. The molecule has 0 aliphatic carbocycles. The van der Waals surface area contributed by atoms with Crippen LogP contribution in [-0.2, 0) is 10.2 Å². The van der Waals surface area contributed by atoms with Gasteiger partial charge in [0.05, 0.1) is 11.8 Å². The molecule has 0 atom stereocenters. The molecule has 0 saturated heterocycles. The summed E-state index contributed by atoms with van der Waals surface area (Å²) in [5, 5.41) is 9.18. The maximum absolute atomic E-state index is 13.0. The van der Waals surface area contributed by atoms with Gasteiger partial charge in [0.2, 0.25) is 5.95 Å². The molecule has 0 unspecified atom stereocenters. The summed E-state index contributed by atoms with van der Waals surface area (Å²) in [6, 6.07) is 22.5. The van der Waals surface area contributed by atoms with Gasteiger partial charge in [-0.1, -0.05) is 45.0 Å². The van der Waals surface area contributed by atoms with Crippen LogP contribution in [0.2, 0.25) is 0 Å². The van der Waals surface area contributed by atoms with Crippen molar-refractivity contribution in [3.05, 3.63) is 101 Å². The molecule has 0 aliphatic heterocycles. The fraction of sp³-hybridized carbons (Fsp3) is 0.314. The number of hydrogen-bond donors (Lipinski definition) is 3. The van der Waals surface area contributed by atoms with Gasteiger partial charge in [-0.2, -0.15) is 0 Å². The predicted molar refractivity (Wildman–Crippen MR) is 173 cm³/mol. The van der Waals surface area contributed by atoms with Crippen LogP contribution >= 0.6 is 0 Å². The predicted octanol–water partition coefficient (Wildman–Crippen LogP) is 7.29. The first-order valence-electron chi connectivity index (χ1n) is 14.6. The topological polar surface area (TPSA) is 105 Å². The van der Waals surface area contributed by atoms with Crippen LogP contribution in [0, 0.1) is 6.92 Å². The largest absolute Gasteiger partial charge is 0.379 e. The van der Waals surface area contributed by atoms with Crippen molar-refractivity contribution in [2.24, 2.45) is 0 Å². The van der Waals surface area contributed by atoms with Crippen LogP contribution in [-0.4, -0.2) is 41.0 Å². The maximum Gasteiger partial charge on any atom is 0.255 e. The quantitative estimate of drug-likeness (QED) is 0.161. The summed E-state index contributed by atoms with van der Waals surface area (Å²) in [5.41, 5.74) is 6.36. The number of carbonyl (C=O) groups is 2. The van der Waals surface area contributed by atoms with E-state index in [0.29, 0.717) is 30.2 Å². The molecule has 0 bridgehead atoms. The second kappa shape index (κ2) is 14.1. The van der Waals surface area contributed by atoms with Crippen molar-refractivity contribution in [3.63, 3.8) is 0 Å². The molecule has 1 heterocycles. The lowest BCUT2D eigenvalue weighted by molar-refractivity contribution is 0.0757. The zero-order valence-corrected chi connectivity index (χ0v) is 25.8. The molecular formula is C35H41N5O3. The lowest BCUT2D eigenvalue weighted by Crippen LogP contribution is -2.25. The van der Waals surface area contributed by atoms with Crippen LogP contribution in [0.1, 0.15) is 72.9 Å². The molecule has 2 amide bonds. The summed E-state index contributed by atoms with van der Waals surface area (Å²) in [4.78, 5) is 34.5. The van der Waals surface area contributed by atoms with Gasteiger partial charge in [0, 0.05) is 47.4 Å². The summed E-state index contributed by atoms with van der Waals surface area (Å²) in [6.07, 6.45) is 2.64. The molecular weight excluding hydrogens is 538 g/mol. The van der Waals surface area contributed by atoms with E-state index in [1.54, 1.807) is 18.3 Å². The molecule has 0 fully saturated rings. The first-order chi connectivity index (χ1) is 20.5. The molecule has 0 spiro atoms. The second-order valence-electron chi connectivity index (χ2n) is 11.8. The molecule has 8 nitrogen and oxygen atoms in total. The zero-order valence-electron chi connectivity index (χ0n) is 25.8. The minimum Gasteiger partial charge on any atom is -0.379 e. The van der Waals surface area contributed by atoms with Crippen LogP contribution < -0.4 is 16.0 Å². The van der Waals surface area contributed by atoms with E-state index in [1.165, 1.54) is 5.56 Å². The Morgan fingerprint density at radius 1 is 0.884 bits per heavy atom. The van der Waals surface area contributed by atoms with E-state index in [1.807, 2.05) is 81.4 Å². The summed E-state index contributed by atoms with van der Waals surface area (Å²) >= 11 is 0. The number of nitrogens with zero attached hydrogens (tertiary/aromatic N) is 2. The number of benzene rings is 3. The Morgan fingerprint density at radius 2 is 1.56 bits per heavy atom. The Kier molecular flexibility index (Phi) is 10.3. The van der Waals surface area contributed by atoms with Crippen molar-refractivity contribution in [1.82, 2.24) is 15.3 Å². The number of amides is 2. The third-order valence-corrected chi connectivity index (χ3v) is 6.99. The first-order valence-corrected chi connectivity index (χ1v) is 14.6. The van der Waals surface area contributed by atoms with Crippen molar-refractivity contribution in [2.45, 2.75) is 59.5 Å². The highest BCUT2D eigenvalue weighted by Gasteiger charge is 2.16. The molecule has 8 heteroatoms. The highest BCUT2D eigenvalue weighted by Crippen LogP contribution is 2.29. The Balaban J connectivity index is 1.40. The van der Waals surface area contributed by atoms with Crippen molar-refractivity contribution in [3.8, 4) is 11.3 Å². The molecule has 224 valence electrons. The van der Waals surface area contributed by atoms with Gasteiger partial charge in [-0.15, -0.1) is 0 Å². The summed E-state index contributed by atoms with van der Waals surface area (Å²) in [7, 11) is 0. The maximum atomic E-state index is 13.0. The number of rotatable bonds is 11. The molecule has 0 aliphatic rings. The minimum atomic E-state index is -0.164.